The van der Waals surface area contributed by atoms with Crippen LogP contribution in [0.4, 0.5) is 8.78 Å². The van der Waals surface area contributed by atoms with Gasteiger partial charge in [0, 0.05) is 17.5 Å². The van der Waals surface area contributed by atoms with Crippen LogP contribution in [0.15, 0.2) is 42.6 Å². The highest BCUT2D eigenvalue weighted by Gasteiger charge is 2.08. The lowest BCUT2D eigenvalue weighted by molar-refractivity contribution is 0.509. The maximum absolute atomic E-state index is 13.2. The van der Waals surface area contributed by atoms with Gasteiger partial charge in [-0.1, -0.05) is 6.07 Å². The highest BCUT2D eigenvalue weighted by atomic mass is 19.2. The molecule has 2 heterocycles. The first kappa shape index (κ1) is 10.9. The Balaban J connectivity index is 2.19. The predicted molar refractivity (Wildman–Crippen MR) is 65.3 cm³/mol. The van der Waals surface area contributed by atoms with Gasteiger partial charge in [0.2, 0.25) is 0 Å². The molecule has 0 saturated carbocycles. The average Bonchev–Trinajstić information content (AvgIpc) is 2.78. The van der Waals surface area contributed by atoms with Crippen LogP contribution in [0.25, 0.3) is 16.9 Å². The number of aromatic nitrogens is 2. The molecule has 0 aliphatic heterocycles. The summed E-state index contributed by atoms with van der Waals surface area (Å²) in [6.45, 7) is 1.96. The maximum Gasteiger partial charge on any atom is 0.159 e. The molecule has 0 saturated heterocycles. The second-order valence-corrected chi connectivity index (χ2v) is 4.15. The summed E-state index contributed by atoms with van der Waals surface area (Å²) >= 11 is 0. The van der Waals surface area contributed by atoms with Crippen LogP contribution in [-0.2, 0) is 0 Å². The van der Waals surface area contributed by atoms with Crippen molar-refractivity contribution in [2.75, 3.05) is 0 Å². The van der Waals surface area contributed by atoms with Crippen LogP contribution in [0, 0.1) is 18.6 Å². The number of fused-ring (bicyclic) bond motifs is 1. The molecule has 0 N–H and O–H groups in total. The number of nitrogens with zero attached hydrogens (tertiary/aromatic N) is 2. The van der Waals surface area contributed by atoms with Gasteiger partial charge in [0.05, 0.1) is 5.69 Å². The van der Waals surface area contributed by atoms with Gasteiger partial charge in [-0.3, -0.25) is 0 Å². The van der Waals surface area contributed by atoms with Crippen molar-refractivity contribution >= 4 is 5.65 Å². The van der Waals surface area contributed by atoms with E-state index in [0.29, 0.717) is 11.3 Å². The third kappa shape index (κ3) is 1.66. The van der Waals surface area contributed by atoms with Gasteiger partial charge < -0.3 is 4.40 Å². The molecule has 2 nitrogen and oxygen atoms in total. The van der Waals surface area contributed by atoms with Crippen molar-refractivity contribution in [2.24, 2.45) is 0 Å². The second-order valence-electron chi connectivity index (χ2n) is 4.15. The SMILES string of the molecule is Cc1cccc2nc(-c3ccc(F)c(F)c3)cn12. The lowest BCUT2D eigenvalue weighted by Crippen LogP contribution is -1.86. The third-order valence-corrected chi connectivity index (χ3v) is 2.91. The van der Waals surface area contributed by atoms with E-state index in [0.717, 1.165) is 23.5 Å². The van der Waals surface area contributed by atoms with Gasteiger partial charge in [0.1, 0.15) is 5.65 Å². The van der Waals surface area contributed by atoms with E-state index in [9.17, 15) is 8.78 Å². The first-order valence-corrected chi connectivity index (χ1v) is 5.55. The van der Waals surface area contributed by atoms with E-state index in [-0.39, 0.29) is 0 Å². The van der Waals surface area contributed by atoms with E-state index in [1.165, 1.54) is 6.07 Å². The van der Waals surface area contributed by atoms with Crippen LogP contribution < -0.4 is 0 Å². The smallest absolute Gasteiger partial charge is 0.159 e. The van der Waals surface area contributed by atoms with Gasteiger partial charge in [-0.25, -0.2) is 13.8 Å². The summed E-state index contributed by atoms with van der Waals surface area (Å²) in [5.74, 6) is -1.71. The van der Waals surface area contributed by atoms with Crippen LogP contribution in [0.2, 0.25) is 0 Å². The molecule has 1 aromatic carbocycles. The maximum atomic E-state index is 13.2. The molecule has 0 aliphatic rings. The number of benzene rings is 1. The highest BCUT2D eigenvalue weighted by molar-refractivity contribution is 5.62. The van der Waals surface area contributed by atoms with Crippen molar-refractivity contribution in [3.8, 4) is 11.3 Å². The summed E-state index contributed by atoms with van der Waals surface area (Å²) in [4.78, 5) is 4.39. The van der Waals surface area contributed by atoms with Crippen LogP contribution in [0.5, 0.6) is 0 Å². The lowest BCUT2D eigenvalue weighted by atomic mass is 10.1. The van der Waals surface area contributed by atoms with Gasteiger partial charge in [0.25, 0.3) is 0 Å². The Labute approximate surface area is 103 Å². The van der Waals surface area contributed by atoms with Crippen molar-refractivity contribution < 1.29 is 8.78 Å². The molecule has 4 heteroatoms. The standard InChI is InChI=1S/C14H10F2N2/c1-9-3-2-4-14-17-13(8-18(9)14)10-5-6-11(15)12(16)7-10/h2-8H,1H3. The Hall–Kier alpha value is -2.23. The van der Waals surface area contributed by atoms with Crippen molar-refractivity contribution in [1.29, 1.82) is 0 Å². The van der Waals surface area contributed by atoms with Crippen molar-refractivity contribution in [3.63, 3.8) is 0 Å². The molecular formula is C14H10F2N2. The number of imidazole rings is 1. The van der Waals surface area contributed by atoms with Crippen LogP contribution >= 0.6 is 0 Å². The normalized spacial score (nSPS) is 11.1. The molecule has 0 amide bonds. The molecular weight excluding hydrogens is 234 g/mol. The number of rotatable bonds is 1. The molecule has 18 heavy (non-hydrogen) atoms. The molecule has 2 aromatic heterocycles. The van der Waals surface area contributed by atoms with Gasteiger partial charge >= 0.3 is 0 Å². The van der Waals surface area contributed by atoms with Gasteiger partial charge in [0.15, 0.2) is 11.6 Å². The molecule has 3 rings (SSSR count). The van der Waals surface area contributed by atoms with Gasteiger partial charge in [-0.2, -0.15) is 0 Å². The van der Waals surface area contributed by atoms with E-state index in [1.54, 1.807) is 0 Å². The zero-order valence-electron chi connectivity index (χ0n) is 9.69. The predicted octanol–water partition coefficient (Wildman–Crippen LogP) is 3.59. The summed E-state index contributed by atoms with van der Waals surface area (Å²) in [5, 5.41) is 0. The minimum Gasteiger partial charge on any atom is -0.304 e. The number of halogens is 2. The lowest BCUT2D eigenvalue weighted by Gasteiger charge is -1.97. The number of hydrogen-bond acceptors (Lipinski definition) is 1. The average molecular weight is 244 g/mol. The number of aryl methyl sites for hydroxylation is 1. The van der Waals surface area contributed by atoms with Crippen LogP contribution in [0.3, 0.4) is 0 Å². The topological polar surface area (TPSA) is 17.3 Å². The third-order valence-electron chi connectivity index (χ3n) is 2.91. The molecule has 0 radical (unpaired) electrons. The van der Waals surface area contributed by atoms with Crippen LogP contribution in [-0.4, -0.2) is 9.38 Å². The van der Waals surface area contributed by atoms with E-state index < -0.39 is 11.6 Å². The molecule has 0 unspecified atom stereocenters. The molecule has 3 aromatic rings. The van der Waals surface area contributed by atoms with Crippen molar-refractivity contribution in [2.45, 2.75) is 6.92 Å². The Morgan fingerprint density at radius 2 is 1.89 bits per heavy atom. The summed E-state index contributed by atoms with van der Waals surface area (Å²) < 4.78 is 28.0. The summed E-state index contributed by atoms with van der Waals surface area (Å²) in [7, 11) is 0. The monoisotopic (exact) mass is 244 g/mol. The van der Waals surface area contributed by atoms with Crippen LogP contribution in [0.1, 0.15) is 5.69 Å². The molecule has 0 aliphatic carbocycles. The van der Waals surface area contributed by atoms with E-state index in [2.05, 4.69) is 4.98 Å². The Bertz CT molecular complexity index is 732. The quantitative estimate of drug-likeness (QED) is 0.639. The summed E-state index contributed by atoms with van der Waals surface area (Å²) in [5.41, 5.74) is 3.02. The highest BCUT2D eigenvalue weighted by Crippen LogP contribution is 2.21. The molecule has 90 valence electrons. The van der Waals surface area contributed by atoms with Crippen molar-refractivity contribution in [1.82, 2.24) is 9.38 Å². The summed E-state index contributed by atoms with van der Waals surface area (Å²) in [6, 6.07) is 9.54. The Morgan fingerprint density at radius 3 is 2.61 bits per heavy atom. The molecule has 0 bridgehead atoms. The van der Waals surface area contributed by atoms with Crippen molar-refractivity contribution in [3.05, 3.63) is 59.9 Å². The first-order valence-electron chi connectivity index (χ1n) is 5.55. The minimum absolute atomic E-state index is 0.567. The minimum atomic E-state index is -0.860. The number of pyridine rings is 1. The summed E-state index contributed by atoms with van der Waals surface area (Å²) in [6.07, 6.45) is 1.82. The number of hydrogen-bond donors (Lipinski definition) is 0. The molecule has 0 atom stereocenters. The molecule has 0 spiro atoms. The van der Waals surface area contributed by atoms with E-state index in [1.807, 2.05) is 35.7 Å². The second kappa shape index (κ2) is 3.91. The van der Waals surface area contributed by atoms with E-state index >= 15 is 0 Å². The van der Waals surface area contributed by atoms with E-state index in [4.69, 9.17) is 0 Å². The van der Waals surface area contributed by atoms with Gasteiger partial charge in [-0.05, 0) is 37.3 Å². The molecule has 0 fully saturated rings. The zero-order chi connectivity index (χ0) is 12.7. The fourth-order valence-electron chi connectivity index (χ4n) is 1.94. The largest absolute Gasteiger partial charge is 0.304 e. The first-order chi connectivity index (χ1) is 8.65. The fraction of sp³-hybridized carbons (Fsp3) is 0.0714. The Morgan fingerprint density at radius 1 is 1.06 bits per heavy atom. The zero-order valence-corrected chi connectivity index (χ0v) is 9.69. The van der Waals surface area contributed by atoms with Gasteiger partial charge in [-0.15, -0.1) is 0 Å². The Kier molecular flexibility index (Phi) is 2.37. The fourth-order valence-corrected chi connectivity index (χ4v) is 1.94.